The van der Waals surface area contributed by atoms with E-state index in [1.54, 1.807) is 24.3 Å². The van der Waals surface area contributed by atoms with Gasteiger partial charge in [0.15, 0.2) is 0 Å². The van der Waals surface area contributed by atoms with Crippen LogP contribution in [0.2, 0.25) is 0 Å². The predicted molar refractivity (Wildman–Crippen MR) is 163 cm³/mol. The first-order valence-corrected chi connectivity index (χ1v) is 14.0. The molecule has 3 heterocycles. The van der Waals surface area contributed by atoms with Gasteiger partial charge < -0.3 is 9.64 Å². The van der Waals surface area contributed by atoms with Crippen LogP contribution in [-0.4, -0.2) is 53.8 Å². The summed E-state index contributed by atoms with van der Waals surface area (Å²) in [7, 11) is 0. The molecule has 206 valence electrons. The van der Waals surface area contributed by atoms with E-state index in [0.717, 1.165) is 27.3 Å². The first-order valence-electron chi connectivity index (χ1n) is 14.0. The van der Waals surface area contributed by atoms with E-state index < -0.39 is 0 Å². The van der Waals surface area contributed by atoms with E-state index in [4.69, 9.17) is 9.72 Å². The third-order valence-electron chi connectivity index (χ3n) is 7.90. The summed E-state index contributed by atoms with van der Waals surface area (Å²) in [5, 5.41) is 2.94. The molecule has 5 aromatic rings. The number of hydrogen-bond acceptors (Lipinski definition) is 5. The number of hydrogen-bond donors (Lipinski definition) is 0. The average Bonchev–Trinajstić information content (AvgIpc) is 3.31. The van der Waals surface area contributed by atoms with Gasteiger partial charge in [-0.1, -0.05) is 60.7 Å². The van der Waals surface area contributed by atoms with Gasteiger partial charge in [0.05, 0.1) is 35.8 Å². The Kier molecular flexibility index (Phi) is 6.36. The molecule has 0 bridgehead atoms. The number of nitrogens with zero attached hydrogens (tertiary/aromatic N) is 3. The summed E-state index contributed by atoms with van der Waals surface area (Å²) < 4.78 is 5.46. The number of amides is 2. The fourth-order valence-electron chi connectivity index (χ4n) is 5.91. The molecule has 0 N–H and O–H groups in total. The van der Waals surface area contributed by atoms with Gasteiger partial charge in [0, 0.05) is 42.1 Å². The molecular formula is C35H27N3O4. The summed E-state index contributed by atoms with van der Waals surface area (Å²) >= 11 is 0. The summed E-state index contributed by atoms with van der Waals surface area (Å²) in [6.07, 6.45) is 1.67. The number of pyridine rings is 1. The molecule has 0 unspecified atom stereocenters. The van der Waals surface area contributed by atoms with E-state index in [1.165, 1.54) is 11.8 Å². The summed E-state index contributed by atoms with van der Waals surface area (Å²) in [6.45, 7) is 3.59. The first kappa shape index (κ1) is 25.8. The number of ketones is 1. The summed E-state index contributed by atoms with van der Waals surface area (Å²) in [5.41, 5.74) is 4.94. The zero-order valence-corrected chi connectivity index (χ0v) is 23.0. The molecule has 1 saturated heterocycles. The van der Waals surface area contributed by atoms with Crippen molar-refractivity contribution in [3.05, 3.63) is 114 Å². The SMILES string of the molecule is CC(=O)N1/C(=C\c2ccc3cc(C(=O)N4CCOCC4)cc(-c4cccc5ccccc45)c3n2)C(=O)c2ccccc21. The Morgan fingerprint density at radius 2 is 1.55 bits per heavy atom. The standard InChI is InChI=1S/C35H27N3O4/c1-22(39)38-31-12-5-4-10-29(31)34(40)32(38)21-26-14-13-24-19-25(35(41)37-15-17-42-18-16-37)20-30(33(24)36-26)28-11-6-8-23-7-2-3-9-27(23)28/h2-14,19-21H,15-18H2,1H3/b32-21-. The second-order valence-corrected chi connectivity index (χ2v) is 10.5. The van der Waals surface area contributed by atoms with E-state index in [2.05, 4.69) is 18.2 Å². The Balaban J connectivity index is 1.41. The average molecular weight is 554 g/mol. The van der Waals surface area contributed by atoms with E-state index in [0.29, 0.717) is 54.3 Å². The van der Waals surface area contributed by atoms with Crippen LogP contribution in [0, 0.1) is 0 Å². The fraction of sp³-hybridized carbons (Fsp3) is 0.143. The number of Topliss-reactive ketones (excluding diaryl/α,β-unsaturated/α-hetero) is 1. The van der Waals surface area contributed by atoms with E-state index in [-0.39, 0.29) is 23.3 Å². The maximum absolute atomic E-state index is 13.6. The molecule has 1 aromatic heterocycles. The zero-order valence-electron chi connectivity index (χ0n) is 23.0. The Labute approximate surface area is 242 Å². The normalized spacial score (nSPS) is 15.9. The zero-order chi connectivity index (χ0) is 28.8. The smallest absolute Gasteiger partial charge is 0.254 e. The topological polar surface area (TPSA) is 79.8 Å². The highest BCUT2D eigenvalue weighted by atomic mass is 16.5. The molecular weight excluding hydrogens is 526 g/mol. The van der Waals surface area contributed by atoms with Crippen LogP contribution >= 0.6 is 0 Å². The maximum Gasteiger partial charge on any atom is 0.254 e. The van der Waals surface area contributed by atoms with Crippen LogP contribution in [0.3, 0.4) is 0 Å². The first-order chi connectivity index (χ1) is 20.5. The van der Waals surface area contributed by atoms with Crippen LogP contribution in [0.1, 0.15) is 33.3 Å². The number of allylic oxidation sites excluding steroid dienone is 1. The largest absolute Gasteiger partial charge is 0.378 e. The van der Waals surface area contributed by atoms with Crippen LogP contribution < -0.4 is 4.90 Å². The Hall–Kier alpha value is -5.14. The molecule has 2 aliphatic rings. The van der Waals surface area contributed by atoms with Crippen molar-refractivity contribution < 1.29 is 19.1 Å². The van der Waals surface area contributed by atoms with Crippen molar-refractivity contribution in [2.24, 2.45) is 0 Å². The van der Waals surface area contributed by atoms with Crippen LogP contribution in [0.15, 0.2) is 96.7 Å². The number of rotatable bonds is 3. The lowest BCUT2D eigenvalue weighted by molar-refractivity contribution is -0.116. The Morgan fingerprint density at radius 3 is 2.38 bits per heavy atom. The van der Waals surface area contributed by atoms with Crippen LogP contribution in [-0.2, 0) is 9.53 Å². The van der Waals surface area contributed by atoms with Crippen LogP contribution in [0.4, 0.5) is 5.69 Å². The van der Waals surface area contributed by atoms with Gasteiger partial charge in [0.25, 0.3) is 5.91 Å². The number of anilines is 1. The minimum Gasteiger partial charge on any atom is -0.378 e. The molecule has 7 nitrogen and oxygen atoms in total. The van der Waals surface area contributed by atoms with Crippen molar-refractivity contribution in [2.75, 3.05) is 31.2 Å². The van der Waals surface area contributed by atoms with Crippen molar-refractivity contribution in [3.63, 3.8) is 0 Å². The second kappa shape index (κ2) is 10.4. The molecule has 0 spiro atoms. The van der Waals surface area contributed by atoms with Gasteiger partial charge in [-0.2, -0.15) is 0 Å². The highest BCUT2D eigenvalue weighted by Crippen LogP contribution is 2.37. The molecule has 0 aliphatic carbocycles. The lowest BCUT2D eigenvalue weighted by Gasteiger charge is -2.27. The summed E-state index contributed by atoms with van der Waals surface area (Å²) in [5.74, 6) is -0.509. The van der Waals surface area contributed by atoms with Crippen molar-refractivity contribution in [1.82, 2.24) is 9.88 Å². The van der Waals surface area contributed by atoms with Crippen molar-refractivity contribution in [1.29, 1.82) is 0 Å². The molecule has 7 rings (SSSR count). The van der Waals surface area contributed by atoms with Crippen molar-refractivity contribution >= 4 is 51.0 Å². The van der Waals surface area contributed by atoms with Crippen molar-refractivity contribution in [2.45, 2.75) is 6.92 Å². The van der Waals surface area contributed by atoms with E-state index in [1.807, 2.05) is 59.5 Å². The van der Waals surface area contributed by atoms with E-state index >= 15 is 0 Å². The highest BCUT2D eigenvalue weighted by molar-refractivity contribution is 6.26. The lowest BCUT2D eigenvalue weighted by Crippen LogP contribution is -2.40. The molecule has 2 aliphatic heterocycles. The minimum atomic E-state index is -0.247. The third-order valence-corrected chi connectivity index (χ3v) is 7.90. The van der Waals surface area contributed by atoms with Gasteiger partial charge in [-0.3, -0.25) is 19.3 Å². The van der Waals surface area contributed by atoms with Gasteiger partial charge in [0.2, 0.25) is 11.7 Å². The molecule has 42 heavy (non-hydrogen) atoms. The number of carbonyl (C=O) groups excluding carboxylic acids is 3. The monoisotopic (exact) mass is 553 g/mol. The van der Waals surface area contributed by atoms with Crippen LogP contribution in [0.5, 0.6) is 0 Å². The number of para-hydroxylation sites is 1. The van der Waals surface area contributed by atoms with Gasteiger partial charge in [0.1, 0.15) is 0 Å². The summed E-state index contributed by atoms with van der Waals surface area (Å²) in [6, 6.07) is 28.9. The van der Waals surface area contributed by atoms with E-state index in [9.17, 15) is 14.4 Å². The number of benzene rings is 4. The quantitative estimate of drug-likeness (QED) is 0.252. The van der Waals surface area contributed by atoms with Gasteiger partial charge in [-0.15, -0.1) is 0 Å². The number of aromatic nitrogens is 1. The Bertz CT molecular complexity index is 1950. The maximum atomic E-state index is 13.6. The number of morpholine rings is 1. The molecule has 1 fully saturated rings. The highest BCUT2D eigenvalue weighted by Gasteiger charge is 2.34. The van der Waals surface area contributed by atoms with Crippen molar-refractivity contribution in [3.8, 4) is 11.1 Å². The van der Waals surface area contributed by atoms with Crippen LogP contribution in [0.25, 0.3) is 38.9 Å². The third kappa shape index (κ3) is 4.35. The molecule has 0 radical (unpaired) electrons. The van der Waals surface area contributed by atoms with Gasteiger partial charge in [-0.05, 0) is 52.7 Å². The van der Waals surface area contributed by atoms with Gasteiger partial charge in [-0.25, -0.2) is 4.98 Å². The fourth-order valence-corrected chi connectivity index (χ4v) is 5.91. The molecule has 0 saturated carbocycles. The van der Waals surface area contributed by atoms with Gasteiger partial charge >= 0.3 is 0 Å². The molecule has 7 heteroatoms. The second-order valence-electron chi connectivity index (χ2n) is 10.5. The number of ether oxygens (including phenoxy) is 1. The number of fused-ring (bicyclic) bond motifs is 3. The predicted octanol–water partition coefficient (Wildman–Crippen LogP) is 6.12. The Morgan fingerprint density at radius 1 is 0.810 bits per heavy atom. The molecule has 2 amide bonds. The minimum absolute atomic E-state index is 0.0423. The molecule has 4 aromatic carbocycles. The molecule has 0 atom stereocenters. The number of carbonyl (C=O) groups is 3. The lowest BCUT2D eigenvalue weighted by atomic mass is 9.94. The summed E-state index contributed by atoms with van der Waals surface area (Å²) in [4.78, 5) is 47.9.